The molecule has 0 amide bonds. The largest absolute Gasteiger partial charge is 0.463 e. The van der Waals surface area contributed by atoms with Crippen molar-refractivity contribution in [2.45, 2.75) is 52.6 Å². The average molecular weight is 256 g/mol. The fourth-order valence-corrected chi connectivity index (χ4v) is 2.25. The van der Waals surface area contributed by atoms with Gasteiger partial charge >= 0.3 is 5.97 Å². The van der Waals surface area contributed by atoms with Gasteiger partial charge in [0, 0.05) is 18.8 Å². The molecule has 104 valence electrons. The molecule has 0 radical (unpaired) electrons. The molecular formula is C14H24O4. The van der Waals surface area contributed by atoms with Crippen LogP contribution in [0.3, 0.4) is 0 Å². The molecule has 0 aromatic rings. The summed E-state index contributed by atoms with van der Waals surface area (Å²) in [5.74, 6) is -0.587. The van der Waals surface area contributed by atoms with Gasteiger partial charge < -0.3 is 14.2 Å². The Morgan fingerprint density at radius 1 is 1.50 bits per heavy atom. The van der Waals surface area contributed by atoms with Gasteiger partial charge in [-0.25, -0.2) is 0 Å². The summed E-state index contributed by atoms with van der Waals surface area (Å²) >= 11 is 0. The Labute approximate surface area is 109 Å². The van der Waals surface area contributed by atoms with Crippen LogP contribution in [0.5, 0.6) is 0 Å². The van der Waals surface area contributed by atoms with Gasteiger partial charge in [0.25, 0.3) is 0 Å². The lowest BCUT2D eigenvalue weighted by Gasteiger charge is -2.46. The van der Waals surface area contributed by atoms with E-state index >= 15 is 0 Å². The third-order valence-corrected chi connectivity index (χ3v) is 3.30. The minimum absolute atomic E-state index is 0.0202. The molecule has 1 saturated heterocycles. The first-order valence-electron chi connectivity index (χ1n) is 6.38. The first-order chi connectivity index (χ1) is 8.26. The first-order valence-corrected chi connectivity index (χ1v) is 6.38. The van der Waals surface area contributed by atoms with Crippen molar-refractivity contribution in [1.82, 2.24) is 0 Å². The molecule has 0 spiro atoms. The van der Waals surface area contributed by atoms with Crippen LogP contribution in [-0.4, -0.2) is 30.6 Å². The molecule has 0 aliphatic carbocycles. The molecule has 0 bridgehead atoms. The quantitative estimate of drug-likeness (QED) is 0.572. The Hall–Kier alpha value is -0.870. The number of carbonyl (C=O) groups is 1. The van der Waals surface area contributed by atoms with E-state index in [4.69, 9.17) is 14.2 Å². The lowest BCUT2D eigenvalue weighted by Crippen LogP contribution is -2.53. The molecule has 1 aliphatic heterocycles. The predicted molar refractivity (Wildman–Crippen MR) is 69.0 cm³/mol. The number of carbonyl (C=O) groups excluding carboxylic acids is 1. The van der Waals surface area contributed by atoms with Gasteiger partial charge in [0.2, 0.25) is 0 Å². The zero-order chi connectivity index (χ0) is 13.9. The van der Waals surface area contributed by atoms with Gasteiger partial charge in [-0.1, -0.05) is 19.9 Å². The molecule has 4 nitrogen and oxygen atoms in total. The molecule has 18 heavy (non-hydrogen) atoms. The van der Waals surface area contributed by atoms with E-state index in [2.05, 4.69) is 13.5 Å². The molecule has 0 aromatic heterocycles. The summed E-state index contributed by atoms with van der Waals surface area (Å²) in [4.78, 5) is 10.9. The van der Waals surface area contributed by atoms with E-state index in [1.807, 2.05) is 26.8 Å². The summed E-state index contributed by atoms with van der Waals surface area (Å²) in [6.45, 7) is 13.4. The van der Waals surface area contributed by atoms with Gasteiger partial charge in [0.05, 0.1) is 6.10 Å². The molecule has 1 aliphatic rings. The lowest BCUT2D eigenvalue weighted by atomic mass is 9.87. The summed E-state index contributed by atoms with van der Waals surface area (Å²) in [7, 11) is 0. The minimum Gasteiger partial charge on any atom is -0.463 e. The van der Waals surface area contributed by atoms with E-state index < -0.39 is 5.79 Å². The van der Waals surface area contributed by atoms with E-state index in [-0.39, 0.29) is 36.6 Å². The topological polar surface area (TPSA) is 44.8 Å². The van der Waals surface area contributed by atoms with Gasteiger partial charge in [-0.05, 0) is 13.8 Å². The van der Waals surface area contributed by atoms with Crippen LogP contribution < -0.4 is 0 Å². The normalized spacial score (nSPS) is 32.6. The predicted octanol–water partition coefficient (Wildman–Crippen LogP) is 2.53. The molecular weight excluding hydrogens is 232 g/mol. The van der Waals surface area contributed by atoms with Crippen molar-refractivity contribution >= 4 is 5.97 Å². The number of hydrogen-bond acceptors (Lipinski definition) is 4. The fraction of sp³-hybridized carbons (Fsp3) is 0.786. The SMILES string of the molecule is C=C[C@H](C)[C@H]1OC(C)(C)O[C@H](COC(C)=O)[C@H]1C. The molecule has 0 aromatic carbocycles. The van der Waals surface area contributed by atoms with Crippen LogP contribution >= 0.6 is 0 Å². The highest BCUT2D eigenvalue weighted by Crippen LogP contribution is 2.34. The van der Waals surface area contributed by atoms with Crippen molar-refractivity contribution in [1.29, 1.82) is 0 Å². The number of hydrogen-bond donors (Lipinski definition) is 0. The van der Waals surface area contributed by atoms with Crippen LogP contribution in [0, 0.1) is 11.8 Å². The van der Waals surface area contributed by atoms with Crippen LogP contribution in [0.15, 0.2) is 12.7 Å². The fourth-order valence-electron chi connectivity index (χ4n) is 2.25. The van der Waals surface area contributed by atoms with Gasteiger partial charge in [-0.3, -0.25) is 4.79 Å². The van der Waals surface area contributed by atoms with E-state index in [0.717, 1.165) is 0 Å². The van der Waals surface area contributed by atoms with E-state index in [1.165, 1.54) is 6.92 Å². The van der Waals surface area contributed by atoms with Crippen molar-refractivity contribution in [2.75, 3.05) is 6.61 Å². The zero-order valence-electron chi connectivity index (χ0n) is 11.9. The third-order valence-electron chi connectivity index (χ3n) is 3.30. The molecule has 1 heterocycles. The maximum absolute atomic E-state index is 10.9. The second-order valence-electron chi connectivity index (χ2n) is 5.40. The van der Waals surface area contributed by atoms with Crippen molar-refractivity contribution in [3.63, 3.8) is 0 Å². The van der Waals surface area contributed by atoms with Crippen LogP contribution in [0.1, 0.15) is 34.6 Å². The second-order valence-corrected chi connectivity index (χ2v) is 5.40. The summed E-state index contributed by atoms with van der Waals surface area (Å²) in [6, 6.07) is 0. The Morgan fingerprint density at radius 2 is 2.11 bits per heavy atom. The Balaban J connectivity index is 2.77. The third kappa shape index (κ3) is 3.82. The highest BCUT2D eigenvalue weighted by Gasteiger charge is 2.42. The van der Waals surface area contributed by atoms with Crippen LogP contribution in [-0.2, 0) is 19.0 Å². The van der Waals surface area contributed by atoms with E-state index in [1.54, 1.807) is 0 Å². The van der Waals surface area contributed by atoms with E-state index in [0.29, 0.717) is 0 Å². The highest BCUT2D eigenvalue weighted by atomic mass is 16.7. The standard InChI is InChI=1S/C14H24O4/c1-7-9(2)13-10(3)12(8-16-11(4)15)17-14(5,6)18-13/h7,9-10,12-13H,1,8H2,2-6H3/t9-,10+,12+,13+/m0/s1. The first kappa shape index (κ1) is 15.2. The molecule has 4 atom stereocenters. The summed E-state index contributed by atoms with van der Waals surface area (Å²) in [5.41, 5.74) is 0. The van der Waals surface area contributed by atoms with Crippen molar-refractivity contribution in [3.05, 3.63) is 12.7 Å². The summed E-state index contributed by atoms with van der Waals surface area (Å²) in [6.07, 6.45) is 1.75. The Bertz CT molecular complexity index is 311. The van der Waals surface area contributed by atoms with Gasteiger partial charge in [-0.15, -0.1) is 6.58 Å². The second kappa shape index (κ2) is 5.85. The molecule has 1 fully saturated rings. The smallest absolute Gasteiger partial charge is 0.302 e. The summed E-state index contributed by atoms with van der Waals surface area (Å²) < 4.78 is 16.8. The molecule has 1 rings (SSSR count). The Morgan fingerprint density at radius 3 is 2.61 bits per heavy atom. The minimum atomic E-state index is -0.667. The lowest BCUT2D eigenvalue weighted by molar-refractivity contribution is -0.328. The van der Waals surface area contributed by atoms with Gasteiger partial charge in [0.15, 0.2) is 5.79 Å². The zero-order valence-corrected chi connectivity index (χ0v) is 11.9. The van der Waals surface area contributed by atoms with E-state index in [9.17, 15) is 4.79 Å². The Kier molecular flexibility index (Phi) is 4.93. The maximum Gasteiger partial charge on any atom is 0.302 e. The number of rotatable bonds is 4. The monoisotopic (exact) mass is 256 g/mol. The van der Waals surface area contributed by atoms with Crippen molar-refractivity contribution in [3.8, 4) is 0 Å². The van der Waals surface area contributed by atoms with Crippen LogP contribution in [0.4, 0.5) is 0 Å². The van der Waals surface area contributed by atoms with Crippen molar-refractivity contribution < 1.29 is 19.0 Å². The maximum atomic E-state index is 10.9. The van der Waals surface area contributed by atoms with Gasteiger partial charge in [0.1, 0.15) is 12.7 Å². The molecule has 0 saturated carbocycles. The van der Waals surface area contributed by atoms with Crippen LogP contribution in [0.25, 0.3) is 0 Å². The molecule has 0 N–H and O–H groups in total. The van der Waals surface area contributed by atoms with Crippen molar-refractivity contribution in [2.24, 2.45) is 11.8 Å². The van der Waals surface area contributed by atoms with Gasteiger partial charge in [-0.2, -0.15) is 0 Å². The summed E-state index contributed by atoms with van der Waals surface area (Å²) in [5, 5.41) is 0. The average Bonchev–Trinajstić information content (AvgIpc) is 2.28. The van der Waals surface area contributed by atoms with Crippen LogP contribution in [0.2, 0.25) is 0 Å². The molecule has 4 heteroatoms. The number of esters is 1. The highest BCUT2D eigenvalue weighted by molar-refractivity contribution is 5.65. The number of ether oxygens (including phenoxy) is 3. The molecule has 0 unspecified atom stereocenters.